The number of hydrogen-bond donors (Lipinski definition) is 0. The van der Waals surface area contributed by atoms with E-state index in [2.05, 4.69) is 17.1 Å². The Labute approximate surface area is 142 Å². The maximum Gasteiger partial charge on any atom is 0.277 e. The number of aromatic nitrogens is 2. The van der Waals surface area contributed by atoms with Gasteiger partial charge < -0.3 is 9.32 Å². The number of likely N-dealkylation sites (tertiary alicyclic amines) is 1. The van der Waals surface area contributed by atoms with Gasteiger partial charge in [0.2, 0.25) is 5.91 Å². The second-order valence-electron chi connectivity index (χ2n) is 5.20. The van der Waals surface area contributed by atoms with Crippen molar-refractivity contribution in [2.75, 3.05) is 12.3 Å². The van der Waals surface area contributed by atoms with Crippen LogP contribution in [0.1, 0.15) is 26.2 Å². The van der Waals surface area contributed by atoms with E-state index in [0.717, 1.165) is 24.3 Å². The number of thioether (sulfide) groups is 1. The second-order valence-corrected chi connectivity index (χ2v) is 7.84. The number of nitrogens with zero attached hydrogens (tertiary/aromatic N) is 3. The lowest BCUT2D eigenvalue weighted by atomic mass is 10.0. The van der Waals surface area contributed by atoms with Gasteiger partial charge in [-0.3, -0.25) is 4.79 Å². The SMILES string of the molecule is C[C@H]1CCCCN1C(=O)CSc1nnc(-c2ccc(Cl)s2)o1. The van der Waals surface area contributed by atoms with Gasteiger partial charge in [0.1, 0.15) is 0 Å². The minimum absolute atomic E-state index is 0.135. The van der Waals surface area contributed by atoms with Gasteiger partial charge >= 0.3 is 0 Å². The van der Waals surface area contributed by atoms with Crippen molar-refractivity contribution in [3.05, 3.63) is 16.5 Å². The van der Waals surface area contributed by atoms with Crippen molar-refractivity contribution < 1.29 is 9.21 Å². The molecule has 0 aromatic carbocycles. The van der Waals surface area contributed by atoms with Crippen LogP contribution in [0, 0.1) is 0 Å². The standard InChI is InChI=1S/C14H16ClN3O2S2/c1-9-4-2-3-7-18(9)12(19)8-21-14-17-16-13(20-14)10-5-6-11(15)22-10/h5-6,9H,2-4,7-8H2,1H3/t9-/m0/s1. The molecule has 1 saturated heterocycles. The third-order valence-corrected chi connectivity index (χ3v) is 5.66. The Bertz CT molecular complexity index is 658. The Hall–Kier alpha value is -1.05. The molecule has 0 N–H and O–H groups in total. The number of halogens is 1. The van der Waals surface area contributed by atoms with Crippen LogP contribution in [0.3, 0.4) is 0 Å². The average molecular weight is 358 g/mol. The normalized spacial score (nSPS) is 18.6. The van der Waals surface area contributed by atoms with Crippen LogP contribution >= 0.6 is 34.7 Å². The van der Waals surface area contributed by atoms with Crippen LogP contribution in [0.5, 0.6) is 0 Å². The summed E-state index contributed by atoms with van der Waals surface area (Å²) in [4.78, 5) is 15.0. The number of piperidine rings is 1. The molecule has 1 aliphatic rings. The summed E-state index contributed by atoms with van der Waals surface area (Å²) in [5.74, 6) is 0.909. The Morgan fingerprint density at radius 1 is 1.50 bits per heavy atom. The molecule has 5 nitrogen and oxygen atoms in total. The van der Waals surface area contributed by atoms with Crippen LogP contribution in [-0.2, 0) is 4.79 Å². The van der Waals surface area contributed by atoms with Gasteiger partial charge in [-0.25, -0.2) is 0 Å². The summed E-state index contributed by atoms with van der Waals surface area (Å²) in [6, 6.07) is 3.96. The molecule has 0 spiro atoms. The highest BCUT2D eigenvalue weighted by atomic mass is 35.5. The number of hydrogen-bond acceptors (Lipinski definition) is 6. The predicted molar refractivity (Wildman–Crippen MR) is 88.4 cm³/mol. The first-order chi connectivity index (χ1) is 10.6. The molecule has 0 radical (unpaired) electrons. The maximum absolute atomic E-state index is 12.3. The van der Waals surface area contributed by atoms with Gasteiger partial charge in [-0.1, -0.05) is 23.4 Å². The Morgan fingerprint density at radius 3 is 3.09 bits per heavy atom. The van der Waals surface area contributed by atoms with Crippen molar-refractivity contribution in [1.29, 1.82) is 0 Å². The number of amides is 1. The summed E-state index contributed by atoms with van der Waals surface area (Å²) in [7, 11) is 0. The molecule has 1 fully saturated rings. The molecule has 1 aliphatic heterocycles. The molecule has 3 rings (SSSR count). The zero-order valence-corrected chi connectivity index (χ0v) is 14.5. The van der Waals surface area contributed by atoms with Gasteiger partial charge in [0.25, 0.3) is 11.1 Å². The van der Waals surface area contributed by atoms with Crippen LogP contribution in [0.15, 0.2) is 21.8 Å². The number of carbonyl (C=O) groups excluding carboxylic acids is 1. The molecule has 8 heteroatoms. The van der Waals surface area contributed by atoms with Gasteiger partial charge in [-0.2, -0.15) is 0 Å². The maximum atomic E-state index is 12.3. The van der Waals surface area contributed by atoms with Crippen molar-refractivity contribution in [2.24, 2.45) is 0 Å². The molecule has 0 unspecified atom stereocenters. The van der Waals surface area contributed by atoms with Gasteiger partial charge in [0.05, 0.1) is 15.0 Å². The molecular formula is C14H16ClN3O2S2. The molecule has 0 aliphatic carbocycles. The molecule has 22 heavy (non-hydrogen) atoms. The Kier molecular flexibility index (Phi) is 5.05. The van der Waals surface area contributed by atoms with E-state index in [1.807, 2.05) is 11.0 Å². The highest BCUT2D eigenvalue weighted by Crippen LogP contribution is 2.31. The average Bonchev–Trinajstić information content (AvgIpc) is 3.14. The predicted octanol–water partition coefficient (Wildman–Crippen LogP) is 3.94. The zero-order valence-electron chi connectivity index (χ0n) is 12.1. The van der Waals surface area contributed by atoms with E-state index in [-0.39, 0.29) is 5.91 Å². The van der Waals surface area contributed by atoms with Gasteiger partial charge in [-0.15, -0.1) is 21.5 Å². The third kappa shape index (κ3) is 3.64. The van der Waals surface area contributed by atoms with Crippen molar-refractivity contribution in [3.8, 4) is 10.8 Å². The monoisotopic (exact) mass is 357 g/mol. The van der Waals surface area contributed by atoms with Gasteiger partial charge in [-0.05, 0) is 38.3 Å². The fourth-order valence-corrected chi connectivity index (χ4v) is 4.09. The molecule has 118 valence electrons. The minimum Gasteiger partial charge on any atom is -0.410 e. The second kappa shape index (κ2) is 7.02. The number of rotatable bonds is 4. The van der Waals surface area contributed by atoms with Gasteiger partial charge in [0, 0.05) is 12.6 Å². The minimum atomic E-state index is 0.135. The summed E-state index contributed by atoms with van der Waals surface area (Å²) in [6.45, 7) is 2.95. The van der Waals surface area contributed by atoms with E-state index in [9.17, 15) is 4.79 Å². The van der Waals surface area contributed by atoms with Crippen molar-refractivity contribution in [1.82, 2.24) is 15.1 Å². The summed E-state index contributed by atoms with van der Waals surface area (Å²) in [5.41, 5.74) is 0. The zero-order chi connectivity index (χ0) is 15.5. The van der Waals surface area contributed by atoms with E-state index in [0.29, 0.717) is 27.2 Å². The van der Waals surface area contributed by atoms with Crippen molar-refractivity contribution in [3.63, 3.8) is 0 Å². The van der Waals surface area contributed by atoms with E-state index in [4.69, 9.17) is 16.0 Å². The molecule has 2 aromatic heterocycles. The first-order valence-corrected chi connectivity index (χ1v) is 9.33. The smallest absolute Gasteiger partial charge is 0.277 e. The van der Waals surface area contributed by atoms with E-state index in [1.54, 1.807) is 6.07 Å². The number of carbonyl (C=O) groups is 1. The summed E-state index contributed by atoms with van der Waals surface area (Å²) < 4.78 is 6.25. The molecule has 1 atom stereocenters. The van der Waals surface area contributed by atoms with Crippen LogP contribution in [0.4, 0.5) is 0 Å². The lowest BCUT2D eigenvalue weighted by molar-refractivity contribution is -0.131. The third-order valence-electron chi connectivity index (χ3n) is 3.63. The Balaban J connectivity index is 1.57. The topological polar surface area (TPSA) is 59.2 Å². The quantitative estimate of drug-likeness (QED) is 0.775. The molecule has 0 saturated carbocycles. The fourth-order valence-electron chi connectivity index (χ4n) is 2.47. The van der Waals surface area contributed by atoms with Crippen LogP contribution in [0.25, 0.3) is 10.8 Å². The highest BCUT2D eigenvalue weighted by Gasteiger charge is 2.23. The molecule has 3 heterocycles. The van der Waals surface area contributed by atoms with Crippen LogP contribution in [0.2, 0.25) is 4.34 Å². The van der Waals surface area contributed by atoms with E-state index >= 15 is 0 Å². The van der Waals surface area contributed by atoms with E-state index in [1.165, 1.54) is 29.5 Å². The molecule has 2 aromatic rings. The lowest BCUT2D eigenvalue weighted by Crippen LogP contribution is -2.42. The molecular weight excluding hydrogens is 342 g/mol. The van der Waals surface area contributed by atoms with Crippen LogP contribution < -0.4 is 0 Å². The van der Waals surface area contributed by atoms with Crippen molar-refractivity contribution >= 4 is 40.6 Å². The highest BCUT2D eigenvalue weighted by molar-refractivity contribution is 7.99. The first kappa shape index (κ1) is 15.8. The van der Waals surface area contributed by atoms with Crippen molar-refractivity contribution in [2.45, 2.75) is 37.5 Å². The largest absolute Gasteiger partial charge is 0.410 e. The molecule has 1 amide bonds. The van der Waals surface area contributed by atoms with Crippen LogP contribution in [-0.4, -0.2) is 39.3 Å². The number of thiophene rings is 1. The summed E-state index contributed by atoms with van der Waals surface area (Å²) in [5, 5.41) is 8.39. The van der Waals surface area contributed by atoms with Gasteiger partial charge in [0.15, 0.2) is 0 Å². The summed E-state index contributed by atoms with van der Waals surface area (Å²) >= 11 is 8.57. The first-order valence-electron chi connectivity index (χ1n) is 7.15. The van der Waals surface area contributed by atoms with E-state index < -0.39 is 0 Å². The Morgan fingerprint density at radius 2 is 2.36 bits per heavy atom. The molecule has 0 bridgehead atoms. The fraction of sp³-hybridized carbons (Fsp3) is 0.500. The lowest BCUT2D eigenvalue weighted by Gasteiger charge is -2.33. The summed E-state index contributed by atoms with van der Waals surface area (Å²) in [6.07, 6.45) is 3.37.